The summed E-state index contributed by atoms with van der Waals surface area (Å²) in [5.41, 5.74) is 0.420. The van der Waals surface area contributed by atoms with Crippen molar-refractivity contribution in [3.05, 3.63) is 29.8 Å². The Morgan fingerprint density at radius 3 is 2.65 bits per heavy atom. The van der Waals surface area contributed by atoms with Gasteiger partial charge in [-0.2, -0.15) is 0 Å². The second-order valence-corrected chi connectivity index (χ2v) is 7.10. The Morgan fingerprint density at radius 2 is 2.05 bits per heavy atom. The second kappa shape index (κ2) is 6.22. The highest BCUT2D eigenvalue weighted by Gasteiger charge is 2.29. The van der Waals surface area contributed by atoms with E-state index in [1.807, 2.05) is 14.0 Å². The Balaban J connectivity index is 2.03. The molecule has 1 aromatic carbocycles. The molecular formula is C14H22N2O3S. The zero-order valence-corrected chi connectivity index (χ0v) is 12.7. The van der Waals surface area contributed by atoms with Gasteiger partial charge in [0.15, 0.2) is 0 Å². The molecule has 5 nitrogen and oxygen atoms in total. The van der Waals surface area contributed by atoms with Crippen molar-refractivity contribution in [2.24, 2.45) is 0 Å². The average Bonchev–Trinajstić information content (AvgIpc) is 3.28. The fourth-order valence-electron chi connectivity index (χ4n) is 2.19. The van der Waals surface area contributed by atoms with E-state index < -0.39 is 10.0 Å². The maximum absolute atomic E-state index is 12.3. The number of sulfonamides is 1. The largest absolute Gasteiger partial charge is 0.392 e. The molecule has 1 fully saturated rings. The Morgan fingerprint density at radius 1 is 1.40 bits per heavy atom. The SMILES string of the molecule is CC(CNS(=O)(=O)c1ccccc1CO)N(C)C1CC1. The van der Waals surface area contributed by atoms with Crippen molar-refractivity contribution in [1.29, 1.82) is 0 Å². The molecule has 0 saturated heterocycles. The standard InChI is InChI=1S/C14H22N2O3S/c1-11(16(2)13-7-8-13)9-15-20(18,19)14-6-4-3-5-12(14)10-17/h3-6,11,13,15,17H,7-10H2,1-2H3. The van der Waals surface area contributed by atoms with E-state index >= 15 is 0 Å². The summed E-state index contributed by atoms with van der Waals surface area (Å²) in [5.74, 6) is 0. The molecule has 2 N–H and O–H groups in total. The summed E-state index contributed by atoms with van der Waals surface area (Å²) in [6, 6.07) is 7.26. The molecule has 0 radical (unpaired) electrons. The van der Waals surface area contributed by atoms with Gasteiger partial charge in [-0.25, -0.2) is 13.1 Å². The van der Waals surface area contributed by atoms with E-state index in [-0.39, 0.29) is 17.5 Å². The summed E-state index contributed by atoms with van der Waals surface area (Å²) in [5, 5.41) is 9.23. The number of aliphatic hydroxyl groups is 1. The van der Waals surface area contributed by atoms with E-state index in [0.29, 0.717) is 18.2 Å². The van der Waals surface area contributed by atoms with Gasteiger partial charge in [-0.05, 0) is 38.4 Å². The lowest BCUT2D eigenvalue weighted by Crippen LogP contribution is -2.41. The Hall–Kier alpha value is -0.950. The van der Waals surface area contributed by atoms with Crippen molar-refractivity contribution < 1.29 is 13.5 Å². The molecule has 6 heteroatoms. The summed E-state index contributed by atoms with van der Waals surface area (Å²) in [7, 11) is -1.55. The number of hydrogen-bond donors (Lipinski definition) is 2. The van der Waals surface area contributed by atoms with Gasteiger partial charge in [0.1, 0.15) is 0 Å². The number of nitrogens with one attached hydrogen (secondary N) is 1. The second-order valence-electron chi connectivity index (χ2n) is 5.36. The summed E-state index contributed by atoms with van der Waals surface area (Å²) in [6.45, 7) is 2.10. The maximum atomic E-state index is 12.3. The normalized spacial score (nSPS) is 17.4. The van der Waals surface area contributed by atoms with Gasteiger partial charge < -0.3 is 5.11 Å². The van der Waals surface area contributed by atoms with E-state index in [0.717, 1.165) is 0 Å². The van der Waals surface area contributed by atoms with Gasteiger partial charge in [-0.1, -0.05) is 18.2 Å². The van der Waals surface area contributed by atoms with Crippen LogP contribution < -0.4 is 4.72 Å². The van der Waals surface area contributed by atoms with Crippen molar-refractivity contribution in [1.82, 2.24) is 9.62 Å². The van der Waals surface area contributed by atoms with Crippen molar-refractivity contribution in [3.8, 4) is 0 Å². The van der Waals surface area contributed by atoms with E-state index in [9.17, 15) is 13.5 Å². The lowest BCUT2D eigenvalue weighted by molar-refractivity contribution is 0.248. The van der Waals surface area contributed by atoms with Crippen molar-refractivity contribution in [2.75, 3.05) is 13.6 Å². The lowest BCUT2D eigenvalue weighted by atomic mass is 10.2. The minimum Gasteiger partial charge on any atom is -0.392 e. The smallest absolute Gasteiger partial charge is 0.240 e. The zero-order chi connectivity index (χ0) is 14.8. The van der Waals surface area contributed by atoms with Gasteiger partial charge in [0.25, 0.3) is 0 Å². The molecule has 0 heterocycles. The molecule has 1 unspecified atom stereocenters. The average molecular weight is 298 g/mol. The molecule has 0 bridgehead atoms. The Labute approximate surface area is 120 Å². The summed E-state index contributed by atoms with van der Waals surface area (Å²) >= 11 is 0. The van der Waals surface area contributed by atoms with Gasteiger partial charge in [-0.15, -0.1) is 0 Å². The first-order valence-corrected chi connectivity index (χ1v) is 8.34. The molecule has 0 amide bonds. The first-order chi connectivity index (χ1) is 9.45. The molecule has 1 aliphatic rings. The predicted octanol–water partition coefficient (Wildman–Crippen LogP) is 0.940. The van der Waals surface area contributed by atoms with Gasteiger partial charge in [-0.3, -0.25) is 4.90 Å². The monoisotopic (exact) mass is 298 g/mol. The Kier molecular flexibility index (Phi) is 4.80. The van der Waals surface area contributed by atoms with E-state index in [1.54, 1.807) is 18.2 Å². The number of hydrogen-bond acceptors (Lipinski definition) is 4. The maximum Gasteiger partial charge on any atom is 0.240 e. The van der Waals surface area contributed by atoms with Crippen molar-refractivity contribution in [3.63, 3.8) is 0 Å². The van der Waals surface area contributed by atoms with Crippen LogP contribution in [0.2, 0.25) is 0 Å². The van der Waals surface area contributed by atoms with Crippen LogP contribution in [0.15, 0.2) is 29.2 Å². The van der Waals surface area contributed by atoms with Crippen LogP contribution in [0.4, 0.5) is 0 Å². The molecule has 1 aromatic rings. The third kappa shape index (κ3) is 3.58. The zero-order valence-electron chi connectivity index (χ0n) is 11.9. The molecule has 0 aliphatic heterocycles. The molecule has 0 aromatic heterocycles. The van der Waals surface area contributed by atoms with Crippen LogP contribution in [0.3, 0.4) is 0 Å². The predicted molar refractivity (Wildman–Crippen MR) is 77.8 cm³/mol. The van der Waals surface area contributed by atoms with E-state index in [2.05, 4.69) is 9.62 Å². The minimum absolute atomic E-state index is 0.151. The van der Waals surface area contributed by atoms with E-state index in [1.165, 1.54) is 18.9 Å². The number of rotatable bonds is 7. The molecular weight excluding hydrogens is 276 g/mol. The molecule has 1 aliphatic carbocycles. The van der Waals surface area contributed by atoms with Crippen molar-refractivity contribution in [2.45, 2.75) is 43.4 Å². The third-order valence-corrected chi connectivity index (χ3v) is 5.34. The summed E-state index contributed by atoms with van der Waals surface area (Å²) in [6.07, 6.45) is 2.39. The van der Waals surface area contributed by atoms with Gasteiger partial charge in [0.2, 0.25) is 10.0 Å². The highest BCUT2D eigenvalue weighted by Crippen LogP contribution is 2.26. The number of benzene rings is 1. The molecule has 20 heavy (non-hydrogen) atoms. The van der Waals surface area contributed by atoms with Crippen molar-refractivity contribution >= 4 is 10.0 Å². The summed E-state index contributed by atoms with van der Waals surface area (Å²) in [4.78, 5) is 2.37. The first-order valence-electron chi connectivity index (χ1n) is 6.86. The minimum atomic E-state index is -3.57. The summed E-state index contributed by atoms with van der Waals surface area (Å²) < 4.78 is 27.2. The third-order valence-electron chi connectivity index (χ3n) is 3.82. The highest BCUT2D eigenvalue weighted by molar-refractivity contribution is 7.89. The molecule has 1 atom stereocenters. The van der Waals surface area contributed by atoms with Crippen LogP contribution in [-0.4, -0.2) is 44.1 Å². The highest BCUT2D eigenvalue weighted by atomic mass is 32.2. The molecule has 1 saturated carbocycles. The van der Waals surface area contributed by atoms with Crippen LogP contribution in [0, 0.1) is 0 Å². The van der Waals surface area contributed by atoms with Gasteiger partial charge in [0.05, 0.1) is 11.5 Å². The van der Waals surface area contributed by atoms with Crippen LogP contribution in [-0.2, 0) is 16.6 Å². The topological polar surface area (TPSA) is 69.6 Å². The molecule has 2 rings (SSSR count). The lowest BCUT2D eigenvalue weighted by Gasteiger charge is -2.24. The van der Waals surface area contributed by atoms with Crippen LogP contribution in [0.25, 0.3) is 0 Å². The fourth-order valence-corrected chi connectivity index (χ4v) is 3.54. The molecule has 112 valence electrons. The van der Waals surface area contributed by atoms with Crippen LogP contribution in [0.1, 0.15) is 25.3 Å². The van der Waals surface area contributed by atoms with Gasteiger partial charge in [0, 0.05) is 18.6 Å². The molecule has 0 spiro atoms. The first kappa shape index (κ1) is 15.4. The number of aliphatic hydroxyl groups excluding tert-OH is 1. The number of nitrogens with zero attached hydrogens (tertiary/aromatic N) is 1. The number of likely N-dealkylation sites (N-methyl/N-ethyl adjacent to an activating group) is 1. The Bertz CT molecular complexity index is 555. The van der Waals surface area contributed by atoms with Crippen LogP contribution in [0.5, 0.6) is 0 Å². The quantitative estimate of drug-likeness (QED) is 0.786. The van der Waals surface area contributed by atoms with Gasteiger partial charge >= 0.3 is 0 Å². The fraction of sp³-hybridized carbons (Fsp3) is 0.571. The van der Waals surface area contributed by atoms with Crippen LogP contribution >= 0.6 is 0 Å². The van der Waals surface area contributed by atoms with E-state index in [4.69, 9.17) is 0 Å².